The molecule has 0 aliphatic heterocycles. The maximum absolute atomic E-state index is 11.5. The molecule has 0 N–H and O–H groups in total. The summed E-state index contributed by atoms with van der Waals surface area (Å²) in [4.78, 5) is 0. The van der Waals surface area contributed by atoms with Gasteiger partial charge in [-0.15, -0.1) is 0 Å². The Bertz CT molecular complexity index is 176. The highest BCUT2D eigenvalue weighted by Crippen LogP contribution is 2.12. The Kier molecular flexibility index (Phi) is 6.97. The topological polar surface area (TPSA) is 0 Å². The molecular formula is C9H13F3S. The molecule has 0 bridgehead atoms. The van der Waals surface area contributed by atoms with Gasteiger partial charge in [0.05, 0.1) is 0 Å². The highest BCUT2D eigenvalue weighted by atomic mass is 32.2. The predicted molar refractivity (Wildman–Crippen MR) is 50.7 cm³/mol. The van der Waals surface area contributed by atoms with Crippen LogP contribution in [0.15, 0.2) is 0 Å². The lowest BCUT2D eigenvalue weighted by atomic mass is 10.2. The van der Waals surface area contributed by atoms with Crippen molar-refractivity contribution in [2.75, 3.05) is 12.0 Å². The first kappa shape index (κ1) is 12.7. The van der Waals surface area contributed by atoms with E-state index in [2.05, 4.69) is 5.92 Å². The number of unbranched alkanes of at least 4 members (excludes halogenated alkanes) is 3. The zero-order chi connectivity index (χ0) is 10.2. The summed E-state index contributed by atoms with van der Waals surface area (Å²) in [6.45, 7) is 0. The zero-order valence-corrected chi connectivity index (χ0v) is 8.39. The summed E-state index contributed by atoms with van der Waals surface area (Å²) in [5.41, 5.74) is 0. The van der Waals surface area contributed by atoms with Crippen LogP contribution in [0.5, 0.6) is 0 Å². The highest BCUT2D eigenvalue weighted by Gasteiger charge is 2.22. The Hall–Kier alpha value is -0.300. The third-order valence-electron chi connectivity index (χ3n) is 1.38. The second kappa shape index (κ2) is 7.14. The Morgan fingerprint density at radius 1 is 1.15 bits per heavy atom. The fourth-order valence-electron chi connectivity index (χ4n) is 0.799. The molecule has 0 radical (unpaired) electrons. The molecule has 0 aromatic carbocycles. The second-order valence-electron chi connectivity index (χ2n) is 2.60. The first-order valence-electron chi connectivity index (χ1n) is 4.12. The van der Waals surface area contributed by atoms with Crippen LogP contribution in [-0.2, 0) is 0 Å². The summed E-state index contributed by atoms with van der Waals surface area (Å²) in [5, 5.41) is 0. The molecule has 0 rings (SSSR count). The number of hydrogen-bond acceptors (Lipinski definition) is 1. The first-order valence-corrected chi connectivity index (χ1v) is 5.51. The third kappa shape index (κ3) is 11.7. The molecule has 0 saturated heterocycles. The summed E-state index contributed by atoms with van der Waals surface area (Å²) in [7, 11) is 0. The van der Waals surface area contributed by atoms with E-state index in [1.165, 1.54) is 5.92 Å². The van der Waals surface area contributed by atoms with Crippen molar-refractivity contribution in [3.63, 3.8) is 0 Å². The van der Waals surface area contributed by atoms with Gasteiger partial charge < -0.3 is 0 Å². The molecule has 13 heavy (non-hydrogen) atoms. The SMILES string of the molecule is CSCCCCCC#CC(F)(F)F. The minimum Gasteiger partial charge on any atom is -0.165 e. The second-order valence-corrected chi connectivity index (χ2v) is 3.59. The van der Waals surface area contributed by atoms with E-state index in [9.17, 15) is 13.2 Å². The van der Waals surface area contributed by atoms with Crippen molar-refractivity contribution in [1.82, 2.24) is 0 Å². The molecule has 4 heteroatoms. The van der Waals surface area contributed by atoms with Crippen molar-refractivity contribution < 1.29 is 13.2 Å². The molecule has 0 fully saturated rings. The Balaban J connectivity index is 3.28. The minimum absolute atomic E-state index is 0.355. The van der Waals surface area contributed by atoms with Crippen LogP contribution in [0, 0.1) is 11.8 Å². The summed E-state index contributed by atoms with van der Waals surface area (Å²) in [6, 6.07) is 0. The number of thioether (sulfide) groups is 1. The molecule has 0 saturated carbocycles. The lowest BCUT2D eigenvalue weighted by Gasteiger charge is -1.95. The van der Waals surface area contributed by atoms with E-state index in [0.717, 1.165) is 25.0 Å². The molecule has 0 heterocycles. The Morgan fingerprint density at radius 3 is 2.38 bits per heavy atom. The first-order chi connectivity index (χ1) is 6.06. The number of alkyl halides is 3. The van der Waals surface area contributed by atoms with Crippen molar-refractivity contribution in [1.29, 1.82) is 0 Å². The van der Waals surface area contributed by atoms with Gasteiger partial charge in [-0.1, -0.05) is 12.3 Å². The quantitative estimate of drug-likeness (QED) is 0.494. The normalized spacial score (nSPS) is 10.8. The molecule has 76 valence electrons. The standard InChI is InChI=1S/C9H13F3S/c1-13-8-6-4-2-3-5-7-9(10,11)12/h2-4,6,8H2,1H3. The van der Waals surface area contributed by atoms with Crippen molar-refractivity contribution >= 4 is 11.8 Å². The third-order valence-corrected chi connectivity index (χ3v) is 2.08. The van der Waals surface area contributed by atoms with Gasteiger partial charge in [0, 0.05) is 12.3 Å². The number of halogens is 3. The van der Waals surface area contributed by atoms with E-state index < -0.39 is 6.18 Å². The van der Waals surface area contributed by atoms with Crippen LogP contribution in [0.2, 0.25) is 0 Å². The molecule has 0 amide bonds. The molecule has 0 unspecified atom stereocenters. The average molecular weight is 210 g/mol. The molecule has 0 aliphatic carbocycles. The van der Waals surface area contributed by atoms with Gasteiger partial charge in [0.25, 0.3) is 0 Å². The van der Waals surface area contributed by atoms with Crippen LogP contribution in [0.4, 0.5) is 13.2 Å². The highest BCUT2D eigenvalue weighted by molar-refractivity contribution is 7.98. The van der Waals surface area contributed by atoms with Crippen LogP contribution in [0.1, 0.15) is 25.7 Å². The van der Waals surface area contributed by atoms with Gasteiger partial charge in [-0.25, -0.2) is 0 Å². The largest absolute Gasteiger partial charge is 0.457 e. The maximum Gasteiger partial charge on any atom is 0.457 e. The minimum atomic E-state index is -4.32. The predicted octanol–water partition coefficient (Wildman–Crippen LogP) is 3.48. The van der Waals surface area contributed by atoms with Crippen LogP contribution >= 0.6 is 11.8 Å². The smallest absolute Gasteiger partial charge is 0.165 e. The average Bonchev–Trinajstić information content (AvgIpc) is 2.01. The van der Waals surface area contributed by atoms with Crippen LogP contribution in [0.25, 0.3) is 0 Å². The van der Waals surface area contributed by atoms with E-state index in [4.69, 9.17) is 0 Å². The summed E-state index contributed by atoms with van der Waals surface area (Å²) in [6.07, 6.45) is 0.850. The molecule has 0 aliphatic rings. The van der Waals surface area contributed by atoms with Gasteiger partial charge >= 0.3 is 6.18 Å². The molecule has 0 aromatic rings. The number of rotatable bonds is 5. The summed E-state index contributed by atoms with van der Waals surface area (Å²) < 4.78 is 34.5. The van der Waals surface area contributed by atoms with E-state index in [-0.39, 0.29) is 0 Å². The van der Waals surface area contributed by atoms with Gasteiger partial charge in [0.1, 0.15) is 0 Å². The van der Waals surface area contributed by atoms with E-state index in [1.807, 2.05) is 6.26 Å². The molecule has 0 spiro atoms. The van der Waals surface area contributed by atoms with Crippen LogP contribution in [-0.4, -0.2) is 18.2 Å². The van der Waals surface area contributed by atoms with Crippen LogP contribution in [0.3, 0.4) is 0 Å². The Labute approximate surface area is 81.3 Å². The van der Waals surface area contributed by atoms with Crippen LogP contribution < -0.4 is 0 Å². The molecular weight excluding hydrogens is 197 g/mol. The molecule has 0 nitrogen and oxygen atoms in total. The lowest BCUT2D eigenvalue weighted by molar-refractivity contribution is -0.0697. The summed E-state index contributed by atoms with van der Waals surface area (Å²) in [5.74, 6) is 4.45. The summed E-state index contributed by atoms with van der Waals surface area (Å²) >= 11 is 1.75. The van der Waals surface area contributed by atoms with E-state index >= 15 is 0 Å². The van der Waals surface area contributed by atoms with Crippen molar-refractivity contribution in [2.24, 2.45) is 0 Å². The van der Waals surface area contributed by atoms with E-state index in [1.54, 1.807) is 11.8 Å². The lowest BCUT2D eigenvalue weighted by Crippen LogP contribution is -2.01. The molecule has 0 atom stereocenters. The van der Waals surface area contributed by atoms with Crippen molar-refractivity contribution in [3.8, 4) is 11.8 Å². The van der Waals surface area contributed by atoms with Gasteiger partial charge in [-0.3, -0.25) is 0 Å². The van der Waals surface area contributed by atoms with Crippen molar-refractivity contribution in [2.45, 2.75) is 31.9 Å². The zero-order valence-electron chi connectivity index (χ0n) is 7.58. The van der Waals surface area contributed by atoms with Gasteiger partial charge in [0.2, 0.25) is 0 Å². The van der Waals surface area contributed by atoms with E-state index in [0.29, 0.717) is 6.42 Å². The fourth-order valence-corrected chi connectivity index (χ4v) is 1.29. The van der Waals surface area contributed by atoms with Crippen molar-refractivity contribution in [3.05, 3.63) is 0 Å². The fraction of sp³-hybridized carbons (Fsp3) is 0.778. The van der Waals surface area contributed by atoms with Gasteiger partial charge in [-0.05, 0) is 24.9 Å². The number of hydrogen-bond donors (Lipinski definition) is 0. The Morgan fingerprint density at radius 2 is 1.85 bits per heavy atom. The maximum atomic E-state index is 11.5. The van der Waals surface area contributed by atoms with Gasteiger partial charge in [0.15, 0.2) is 0 Å². The molecule has 0 aromatic heterocycles. The van der Waals surface area contributed by atoms with Gasteiger partial charge in [-0.2, -0.15) is 24.9 Å². The monoisotopic (exact) mass is 210 g/mol.